The van der Waals surface area contributed by atoms with Gasteiger partial charge < -0.3 is 9.55 Å². The van der Waals surface area contributed by atoms with Crippen LogP contribution in [0.3, 0.4) is 0 Å². The zero-order valence-corrected chi connectivity index (χ0v) is 25.6. The summed E-state index contributed by atoms with van der Waals surface area (Å²) in [5.74, 6) is 0. The summed E-state index contributed by atoms with van der Waals surface area (Å²) < 4.78 is 4.50. The van der Waals surface area contributed by atoms with Gasteiger partial charge >= 0.3 is 5.69 Å². The van der Waals surface area contributed by atoms with Gasteiger partial charge in [0.1, 0.15) is 0 Å². The van der Waals surface area contributed by atoms with Crippen LogP contribution in [0.1, 0.15) is 54.9 Å². The third kappa shape index (κ3) is 4.43. The Bertz CT molecular complexity index is 2040. The third-order valence-corrected chi connectivity index (χ3v) is 10.0. The van der Waals surface area contributed by atoms with Crippen molar-refractivity contribution in [1.82, 2.24) is 24.0 Å². The molecule has 1 N–H and O–H groups in total. The molecule has 1 saturated heterocycles. The summed E-state index contributed by atoms with van der Waals surface area (Å²) in [5, 5.41) is 2.65. The molecule has 222 valence electrons. The highest BCUT2D eigenvalue weighted by molar-refractivity contribution is 6.18. The number of H-pyrrole nitrogens is 1. The monoisotopic (exact) mass is 581 g/mol. The van der Waals surface area contributed by atoms with Gasteiger partial charge in [0, 0.05) is 71.0 Å². The second kappa shape index (κ2) is 10.9. The van der Waals surface area contributed by atoms with Gasteiger partial charge in [-0.1, -0.05) is 79.7 Å². The van der Waals surface area contributed by atoms with Crippen molar-refractivity contribution in [3.8, 4) is 22.4 Å². The van der Waals surface area contributed by atoms with Gasteiger partial charge in [0.05, 0.1) is 16.9 Å². The van der Waals surface area contributed by atoms with Crippen molar-refractivity contribution in [3.63, 3.8) is 0 Å². The molecule has 6 nitrogen and oxygen atoms in total. The molecule has 0 saturated carbocycles. The molecular formula is C38H39N5O. The number of fused-ring (bicyclic) bond motifs is 3. The predicted octanol–water partition coefficient (Wildman–Crippen LogP) is 7.67. The number of hydrogen-bond acceptors (Lipinski definition) is 3. The van der Waals surface area contributed by atoms with E-state index in [-0.39, 0.29) is 11.7 Å². The molecule has 1 fully saturated rings. The number of hydrogen-bond donors (Lipinski definition) is 1. The molecule has 0 radical (unpaired) electrons. The number of likely N-dealkylation sites (tertiary alicyclic amines) is 1. The molecule has 8 rings (SSSR count). The highest BCUT2D eigenvalue weighted by Gasteiger charge is 2.26. The minimum Gasteiger partial charge on any atom is -0.339 e. The van der Waals surface area contributed by atoms with Gasteiger partial charge in [-0.3, -0.25) is 9.47 Å². The molecule has 2 aliphatic rings. The lowest BCUT2D eigenvalue weighted by Gasteiger charge is -2.32. The fraction of sp³-hybridized carbons (Fsp3) is 0.316. The van der Waals surface area contributed by atoms with Crippen LogP contribution in [0.2, 0.25) is 0 Å². The van der Waals surface area contributed by atoms with E-state index in [1.54, 1.807) is 0 Å². The minimum atomic E-state index is 0.0498. The first-order chi connectivity index (χ1) is 21.6. The van der Waals surface area contributed by atoms with Crippen LogP contribution >= 0.6 is 0 Å². The van der Waals surface area contributed by atoms with Crippen molar-refractivity contribution in [2.45, 2.75) is 65.1 Å². The van der Waals surface area contributed by atoms with E-state index in [0.29, 0.717) is 0 Å². The second-order valence-electron chi connectivity index (χ2n) is 12.6. The Kier molecular flexibility index (Phi) is 6.75. The first kappa shape index (κ1) is 27.2. The number of nitrogens with one attached hydrogen (secondary N) is 1. The van der Waals surface area contributed by atoms with E-state index in [4.69, 9.17) is 4.98 Å². The van der Waals surface area contributed by atoms with Gasteiger partial charge in [-0.15, -0.1) is 0 Å². The Labute approximate surface area is 258 Å². The standard InChI is InChI=1S/C38H39N5O/c1-3-31-25(2)43(38(44)40-31)29-19-22-41(23-20-29)24-26-15-17-28(18-16-26)36-34(27-10-5-4-6-11-27)35-30-12-7-8-14-33(30)42-21-9-13-32(39-36)37(35)42/h4-8,10-12,14-18,29H,3,9,13,19-24H2,1-2H3,(H,40,44). The van der Waals surface area contributed by atoms with Crippen LogP contribution in [-0.2, 0) is 25.9 Å². The average Bonchev–Trinajstić information content (AvgIpc) is 3.56. The lowest BCUT2D eigenvalue weighted by molar-refractivity contribution is 0.177. The summed E-state index contributed by atoms with van der Waals surface area (Å²) in [6.07, 6.45) is 4.99. The molecule has 2 aliphatic heterocycles. The van der Waals surface area contributed by atoms with Crippen molar-refractivity contribution in [1.29, 1.82) is 0 Å². The maximum atomic E-state index is 12.6. The quantitative estimate of drug-likeness (QED) is 0.220. The van der Waals surface area contributed by atoms with Crippen molar-refractivity contribution in [2.75, 3.05) is 13.1 Å². The third-order valence-electron chi connectivity index (χ3n) is 10.0. The van der Waals surface area contributed by atoms with E-state index in [2.05, 4.69) is 107 Å². The summed E-state index contributed by atoms with van der Waals surface area (Å²) in [4.78, 5) is 23.6. The largest absolute Gasteiger partial charge is 0.339 e. The van der Waals surface area contributed by atoms with E-state index < -0.39 is 0 Å². The SMILES string of the molecule is CCc1[nH]c(=O)n(C2CCN(Cc3ccc(-c4nc5c6c(c4-c4ccccc4)c4ccccc4n6CCC5)cc3)CC2)c1C. The summed E-state index contributed by atoms with van der Waals surface area (Å²) in [6, 6.07) is 29.0. The van der Waals surface area contributed by atoms with Crippen LogP contribution in [0.25, 0.3) is 44.2 Å². The lowest BCUT2D eigenvalue weighted by atomic mass is 9.92. The highest BCUT2D eigenvalue weighted by atomic mass is 16.1. The van der Waals surface area contributed by atoms with Crippen LogP contribution in [0.15, 0.2) is 83.7 Å². The van der Waals surface area contributed by atoms with Crippen molar-refractivity contribution < 1.29 is 0 Å². The zero-order valence-electron chi connectivity index (χ0n) is 25.6. The normalized spacial score (nSPS) is 15.9. The summed E-state index contributed by atoms with van der Waals surface area (Å²) in [7, 11) is 0. The molecule has 5 heterocycles. The fourth-order valence-corrected chi connectivity index (χ4v) is 7.85. The number of aromatic amines is 1. The highest BCUT2D eigenvalue weighted by Crippen LogP contribution is 2.44. The van der Waals surface area contributed by atoms with Crippen molar-refractivity contribution in [3.05, 3.63) is 112 Å². The maximum Gasteiger partial charge on any atom is 0.326 e. The first-order valence-electron chi connectivity index (χ1n) is 16.2. The Morgan fingerprint density at radius 2 is 1.64 bits per heavy atom. The number of benzene rings is 3. The predicted molar refractivity (Wildman–Crippen MR) is 179 cm³/mol. The molecule has 0 unspecified atom stereocenters. The molecule has 0 bridgehead atoms. The van der Waals surface area contributed by atoms with E-state index in [1.165, 1.54) is 49.8 Å². The average molecular weight is 582 g/mol. The summed E-state index contributed by atoms with van der Waals surface area (Å²) in [5.41, 5.74) is 12.1. The molecule has 0 amide bonds. The first-order valence-corrected chi connectivity index (χ1v) is 16.2. The van der Waals surface area contributed by atoms with Crippen LogP contribution in [0.4, 0.5) is 0 Å². The van der Waals surface area contributed by atoms with Gasteiger partial charge in [0.25, 0.3) is 0 Å². The van der Waals surface area contributed by atoms with Gasteiger partial charge in [0.15, 0.2) is 0 Å². The summed E-state index contributed by atoms with van der Waals surface area (Å²) in [6.45, 7) is 8.13. The molecule has 0 atom stereocenters. The molecule has 3 aromatic carbocycles. The van der Waals surface area contributed by atoms with Crippen LogP contribution in [0, 0.1) is 6.92 Å². The van der Waals surface area contributed by atoms with E-state index in [1.807, 2.05) is 4.57 Å². The molecule has 6 heteroatoms. The number of imidazole rings is 1. The van der Waals surface area contributed by atoms with Gasteiger partial charge in [-0.05, 0) is 56.2 Å². The molecule has 44 heavy (non-hydrogen) atoms. The Morgan fingerprint density at radius 1 is 0.886 bits per heavy atom. The zero-order chi connectivity index (χ0) is 29.8. The Hall–Kier alpha value is -4.42. The topological polar surface area (TPSA) is 58.9 Å². The number of nitrogens with zero attached hydrogens (tertiary/aromatic N) is 4. The van der Waals surface area contributed by atoms with Crippen LogP contribution in [0.5, 0.6) is 0 Å². The van der Waals surface area contributed by atoms with Gasteiger partial charge in [0.2, 0.25) is 0 Å². The van der Waals surface area contributed by atoms with Gasteiger partial charge in [-0.25, -0.2) is 9.78 Å². The van der Waals surface area contributed by atoms with E-state index in [0.717, 1.165) is 75.4 Å². The number of aryl methyl sites for hydroxylation is 3. The molecule has 6 aromatic rings. The number of rotatable bonds is 6. The number of para-hydroxylation sites is 1. The summed E-state index contributed by atoms with van der Waals surface area (Å²) >= 11 is 0. The van der Waals surface area contributed by atoms with E-state index in [9.17, 15) is 4.79 Å². The molecule has 3 aromatic heterocycles. The van der Waals surface area contributed by atoms with E-state index >= 15 is 0 Å². The van der Waals surface area contributed by atoms with Crippen molar-refractivity contribution >= 4 is 21.8 Å². The van der Waals surface area contributed by atoms with Crippen molar-refractivity contribution in [2.24, 2.45) is 0 Å². The number of pyridine rings is 1. The Morgan fingerprint density at radius 3 is 2.39 bits per heavy atom. The molecule has 0 spiro atoms. The lowest BCUT2D eigenvalue weighted by Crippen LogP contribution is -2.37. The second-order valence-corrected chi connectivity index (χ2v) is 12.6. The number of piperidine rings is 1. The Balaban J connectivity index is 1.11. The smallest absolute Gasteiger partial charge is 0.326 e. The number of aromatic nitrogens is 4. The van der Waals surface area contributed by atoms with Gasteiger partial charge in [-0.2, -0.15) is 0 Å². The van der Waals surface area contributed by atoms with Crippen LogP contribution in [-0.4, -0.2) is 37.1 Å². The van der Waals surface area contributed by atoms with Crippen LogP contribution < -0.4 is 5.69 Å². The minimum absolute atomic E-state index is 0.0498. The maximum absolute atomic E-state index is 12.6. The fourth-order valence-electron chi connectivity index (χ4n) is 7.85. The molecule has 0 aliphatic carbocycles. The molecular weight excluding hydrogens is 542 g/mol.